The number of aliphatic carboxylic acids is 1. The highest BCUT2D eigenvalue weighted by atomic mass is 16.4. The molecule has 0 saturated heterocycles. The molecule has 1 aromatic heterocycles. The number of nitrogens with zero attached hydrogens (tertiary/aromatic N) is 3. The molecule has 1 amide bonds. The van der Waals surface area contributed by atoms with E-state index < -0.39 is 12.0 Å². The Kier molecular flexibility index (Phi) is 5.77. The lowest BCUT2D eigenvalue weighted by molar-refractivity contribution is -0.137. The van der Waals surface area contributed by atoms with Crippen molar-refractivity contribution in [2.75, 3.05) is 0 Å². The van der Waals surface area contributed by atoms with Gasteiger partial charge >= 0.3 is 5.97 Å². The third-order valence-electron chi connectivity index (χ3n) is 4.65. The SMILES string of the molecule is CC(C)(C)c1ccc(C(CC(=O)O)NC(=O)c2cccc(-n3cncn3)c2)cc1. The summed E-state index contributed by atoms with van der Waals surface area (Å²) in [5, 5.41) is 16.2. The standard InChI is InChI=1S/C22H24N4O3/c1-22(2,3)17-9-7-15(8-10-17)19(12-20(27)28)25-21(29)16-5-4-6-18(11-16)26-14-23-13-24-26/h4-11,13-14,19H,12H2,1-3H3,(H,25,29)(H,27,28). The van der Waals surface area contributed by atoms with Crippen LogP contribution in [-0.4, -0.2) is 31.7 Å². The van der Waals surface area contributed by atoms with Crippen molar-refractivity contribution in [2.24, 2.45) is 0 Å². The van der Waals surface area contributed by atoms with E-state index in [2.05, 4.69) is 36.2 Å². The molecule has 0 aliphatic rings. The van der Waals surface area contributed by atoms with E-state index in [4.69, 9.17) is 0 Å². The van der Waals surface area contributed by atoms with Gasteiger partial charge in [0.1, 0.15) is 12.7 Å². The highest BCUT2D eigenvalue weighted by molar-refractivity contribution is 5.95. The Balaban J connectivity index is 1.82. The van der Waals surface area contributed by atoms with Gasteiger partial charge in [-0.2, -0.15) is 5.10 Å². The number of carboxylic acid groups (broad SMARTS) is 1. The summed E-state index contributed by atoms with van der Waals surface area (Å²) in [7, 11) is 0. The fraction of sp³-hybridized carbons (Fsp3) is 0.273. The molecule has 1 atom stereocenters. The molecule has 3 aromatic rings. The molecule has 1 unspecified atom stereocenters. The number of hydrogen-bond donors (Lipinski definition) is 2. The summed E-state index contributed by atoms with van der Waals surface area (Å²) < 4.78 is 1.55. The normalized spacial score (nSPS) is 12.4. The lowest BCUT2D eigenvalue weighted by Gasteiger charge is -2.22. The first kappa shape index (κ1) is 20.3. The van der Waals surface area contributed by atoms with Gasteiger partial charge in [0.2, 0.25) is 0 Å². The van der Waals surface area contributed by atoms with E-state index in [1.54, 1.807) is 29.2 Å². The Morgan fingerprint density at radius 2 is 1.86 bits per heavy atom. The maximum atomic E-state index is 12.8. The van der Waals surface area contributed by atoms with Gasteiger partial charge in [-0.05, 0) is 34.7 Å². The average molecular weight is 392 g/mol. The molecule has 7 heteroatoms. The van der Waals surface area contributed by atoms with Gasteiger partial charge in [0.25, 0.3) is 5.91 Å². The Morgan fingerprint density at radius 3 is 2.45 bits per heavy atom. The van der Waals surface area contributed by atoms with E-state index in [1.165, 1.54) is 6.33 Å². The molecular weight excluding hydrogens is 368 g/mol. The lowest BCUT2D eigenvalue weighted by atomic mass is 9.86. The van der Waals surface area contributed by atoms with Crippen LogP contribution in [0.3, 0.4) is 0 Å². The molecule has 2 aromatic carbocycles. The quantitative estimate of drug-likeness (QED) is 0.669. The maximum Gasteiger partial charge on any atom is 0.305 e. The van der Waals surface area contributed by atoms with E-state index in [9.17, 15) is 14.7 Å². The topological polar surface area (TPSA) is 97.1 Å². The Hall–Kier alpha value is -3.48. The Bertz CT molecular complexity index is 990. The molecule has 3 rings (SSSR count). The molecule has 0 bridgehead atoms. The summed E-state index contributed by atoms with van der Waals surface area (Å²) in [6.07, 6.45) is 2.75. The second kappa shape index (κ2) is 8.26. The number of nitrogens with one attached hydrogen (secondary N) is 1. The summed E-state index contributed by atoms with van der Waals surface area (Å²) in [5.41, 5.74) is 2.99. The van der Waals surface area contributed by atoms with Crippen molar-refractivity contribution in [1.29, 1.82) is 0 Å². The van der Waals surface area contributed by atoms with Crippen LogP contribution in [0.25, 0.3) is 5.69 Å². The third-order valence-corrected chi connectivity index (χ3v) is 4.65. The monoisotopic (exact) mass is 392 g/mol. The van der Waals surface area contributed by atoms with E-state index >= 15 is 0 Å². The fourth-order valence-corrected chi connectivity index (χ4v) is 3.02. The van der Waals surface area contributed by atoms with Crippen LogP contribution in [0.4, 0.5) is 0 Å². The number of carbonyl (C=O) groups is 2. The number of benzene rings is 2. The molecule has 1 heterocycles. The van der Waals surface area contributed by atoms with Crippen molar-refractivity contribution in [3.8, 4) is 5.69 Å². The van der Waals surface area contributed by atoms with Crippen LogP contribution in [0, 0.1) is 0 Å². The van der Waals surface area contributed by atoms with E-state index in [0.29, 0.717) is 11.3 Å². The molecule has 0 radical (unpaired) electrons. The van der Waals surface area contributed by atoms with Crippen LogP contribution in [-0.2, 0) is 10.2 Å². The van der Waals surface area contributed by atoms with Gasteiger partial charge in [-0.15, -0.1) is 0 Å². The summed E-state index contributed by atoms with van der Waals surface area (Å²) in [6.45, 7) is 6.34. The number of hydrogen-bond acceptors (Lipinski definition) is 4. The summed E-state index contributed by atoms with van der Waals surface area (Å²) >= 11 is 0. The van der Waals surface area contributed by atoms with Crippen LogP contribution in [0.1, 0.15) is 54.7 Å². The molecule has 0 fully saturated rings. The van der Waals surface area contributed by atoms with E-state index in [-0.39, 0.29) is 17.7 Å². The predicted molar refractivity (Wildman–Crippen MR) is 109 cm³/mol. The number of amides is 1. The van der Waals surface area contributed by atoms with Gasteiger partial charge in [0.05, 0.1) is 18.2 Å². The molecule has 0 aliphatic heterocycles. The molecule has 7 nitrogen and oxygen atoms in total. The molecule has 0 saturated carbocycles. The van der Waals surface area contributed by atoms with Gasteiger partial charge < -0.3 is 10.4 Å². The van der Waals surface area contributed by atoms with Gasteiger partial charge in [-0.1, -0.05) is 51.1 Å². The molecular formula is C22H24N4O3. The minimum atomic E-state index is -0.980. The maximum absolute atomic E-state index is 12.8. The zero-order valence-electron chi connectivity index (χ0n) is 16.7. The van der Waals surface area contributed by atoms with Crippen LogP contribution < -0.4 is 5.32 Å². The number of carboxylic acids is 1. The van der Waals surface area contributed by atoms with E-state index in [1.807, 2.05) is 30.3 Å². The summed E-state index contributed by atoms with van der Waals surface area (Å²) in [4.78, 5) is 28.1. The first-order chi connectivity index (χ1) is 13.7. The number of rotatable bonds is 6. The van der Waals surface area contributed by atoms with Crippen LogP contribution in [0.15, 0.2) is 61.2 Å². The van der Waals surface area contributed by atoms with Crippen molar-refractivity contribution in [3.63, 3.8) is 0 Å². The minimum absolute atomic E-state index is 0.00807. The minimum Gasteiger partial charge on any atom is -0.481 e. The molecule has 0 spiro atoms. The second-order valence-corrected chi connectivity index (χ2v) is 7.89. The van der Waals surface area contributed by atoms with Crippen LogP contribution in [0.2, 0.25) is 0 Å². The highest BCUT2D eigenvalue weighted by Crippen LogP contribution is 2.25. The van der Waals surface area contributed by atoms with Crippen LogP contribution in [0.5, 0.6) is 0 Å². The second-order valence-electron chi connectivity index (χ2n) is 7.89. The molecule has 2 N–H and O–H groups in total. The lowest BCUT2D eigenvalue weighted by Crippen LogP contribution is -2.30. The van der Waals surface area contributed by atoms with Crippen molar-refractivity contribution in [1.82, 2.24) is 20.1 Å². The van der Waals surface area contributed by atoms with E-state index in [0.717, 1.165) is 11.1 Å². The first-order valence-electron chi connectivity index (χ1n) is 9.32. The largest absolute Gasteiger partial charge is 0.481 e. The number of aromatic nitrogens is 3. The zero-order chi connectivity index (χ0) is 21.0. The van der Waals surface area contributed by atoms with Crippen molar-refractivity contribution in [3.05, 3.63) is 77.9 Å². The van der Waals surface area contributed by atoms with Crippen molar-refractivity contribution in [2.45, 2.75) is 38.6 Å². The van der Waals surface area contributed by atoms with Gasteiger partial charge in [0, 0.05) is 5.56 Å². The molecule has 29 heavy (non-hydrogen) atoms. The summed E-state index contributed by atoms with van der Waals surface area (Å²) in [5.74, 6) is -1.33. The first-order valence-corrected chi connectivity index (χ1v) is 9.32. The molecule has 0 aliphatic carbocycles. The Morgan fingerprint density at radius 1 is 1.14 bits per heavy atom. The Labute approximate surface area is 169 Å². The fourth-order valence-electron chi connectivity index (χ4n) is 3.02. The third kappa shape index (κ3) is 5.07. The zero-order valence-corrected chi connectivity index (χ0v) is 16.7. The highest BCUT2D eigenvalue weighted by Gasteiger charge is 2.21. The van der Waals surface area contributed by atoms with Gasteiger partial charge in [-0.3, -0.25) is 9.59 Å². The van der Waals surface area contributed by atoms with Gasteiger partial charge in [-0.25, -0.2) is 9.67 Å². The van der Waals surface area contributed by atoms with Crippen molar-refractivity contribution >= 4 is 11.9 Å². The number of carbonyl (C=O) groups excluding carboxylic acids is 1. The molecule has 150 valence electrons. The van der Waals surface area contributed by atoms with Crippen LogP contribution >= 0.6 is 0 Å². The average Bonchev–Trinajstić information content (AvgIpc) is 3.21. The summed E-state index contributed by atoms with van der Waals surface area (Å²) in [6, 6.07) is 14.0. The smallest absolute Gasteiger partial charge is 0.305 e. The predicted octanol–water partition coefficient (Wildman–Crippen LogP) is 3.51. The van der Waals surface area contributed by atoms with Gasteiger partial charge in [0.15, 0.2) is 0 Å². The van der Waals surface area contributed by atoms with Crippen molar-refractivity contribution < 1.29 is 14.7 Å².